The van der Waals surface area contributed by atoms with E-state index in [-0.39, 0.29) is 0 Å². The number of aromatic nitrogens is 4. The van der Waals surface area contributed by atoms with Crippen LogP contribution in [-0.2, 0) is 13.1 Å². The molecule has 5 nitrogen and oxygen atoms in total. The second kappa shape index (κ2) is 6.58. The van der Waals surface area contributed by atoms with E-state index in [4.69, 9.17) is 0 Å². The quantitative estimate of drug-likeness (QED) is 0.711. The third-order valence-electron chi connectivity index (χ3n) is 3.82. The van der Waals surface area contributed by atoms with Gasteiger partial charge in [0.2, 0.25) is 0 Å². The standard InChI is InChI=1S/C17H21N5/c1-14-17(13-18-10-12-21-11-6-9-19-21)15(2)22(20-14)16-7-4-3-5-8-16/h3-9,11,18H,10,12-13H2,1-2H3. The number of hydrogen-bond donors (Lipinski definition) is 1. The highest BCUT2D eigenvalue weighted by molar-refractivity contribution is 5.36. The fourth-order valence-corrected chi connectivity index (χ4v) is 2.59. The van der Waals surface area contributed by atoms with Gasteiger partial charge in [0.1, 0.15) is 0 Å². The molecular weight excluding hydrogens is 274 g/mol. The van der Waals surface area contributed by atoms with Gasteiger partial charge in [0.25, 0.3) is 0 Å². The Morgan fingerprint density at radius 2 is 1.91 bits per heavy atom. The van der Waals surface area contributed by atoms with Gasteiger partial charge in [-0.3, -0.25) is 4.68 Å². The zero-order chi connectivity index (χ0) is 15.4. The van der Waals surface area contributed by atoms with Crippen LogP contribution in [0.4, 0.5) is 0 Å². The van der Waals surface area contributed by atoms with E-state index >= 15 is 0 Å². The van der Waals surface area contributed by atoms with Gasteiger partial charge in [-0.1, -0.05) is 18.2 Å². The molecule has 114 valence electrons. The van der Waals surface area contributed by atoms with Crippen LogP contribution in [0.25, 0.3) is 5.69 Å². The number of aryl methyl sites for hydroxylation is 1. The molecule has 5 heteroatoms. The van der Waals surface area contributed by atoms with Crippen LogP contribution < -0.4 is 5.32 Å². The van der Waals surface area contributed by atoms with Gasteiger partial charge >= 0.3 is 0 Å². The summed E-state index contributed by atoms with van der Waals surface area (Å²) in [4.78, 5) is 0. The fourth-order valence-electron chi connectivity index (χ4n) is 2.59. The molecule has 3 rings (SSSR count). The first-order valence-corrected chi connectivity index (χ1v) is 7.54. The number of para-hydroxylation sites is 1. The largest absolute Gasteiger partial charge is 0.311 e. The number of hydrogen-bond acceptors (Lipinski definition) is 3. The van der Waals surface area contributed by atoms with Crippen LogP contribution in [0.1, 0.15) is 17.0 Å². The molecule has 0 saturated carbocycles. The number of rotatable bonds is 6. The average molecular weight is 295 g/mol. The summed E-state index contributed by atoms with van der Waals surface area (Å²) in [5.41, 5.74) is 4.64. The minimum atomic E-state index is 0.825. The summed E-state index contributed by atoms with van der Waals surface area (Å²) in [6, 6.07) is 12.2. The second-order valence-corrected chi connectivity index (χ2v) is 5.34. The molecule has 0 unspecified atom stereocenters. The highest BCUT2D eigenvalue weighted by Crippen LogP contribution is 2.17. The molecule has 3 aromatic rings. The lowest BCUT2D eigenvalue weighted by molar-refractivity contribution is 0.553. The Kier molecular flexibility index (Phi) is 4.34. The Morgan fingerprint density at radius 3 is 2.64 bits per heavy atom. The lowest BCUT2D eigenvalue weighted by atomic mass is 10.2. The summed E-state index contributed by atoms with van der Waals surface area (Å²) < 4.78 is 3.94. The first-order chi connectivity index (χ1) is 10.8. The first kappa shape index (κ1) is 14.5. The van der Waals surface area contributed by atoms with E-state index in [9.17, 15) is 0 Å². The summed E-state index contributed by atoms with van der Waals surface area (Å²) in [6.07, 6.45) is 3.78. The summed E-state index contributed by atoms with van der Waals surface area (Å²) in [5, 5.41) is 12.3. The van der Waals surface area contributed by atoms with E-state index in [0.29, 0.717) is 0 Å². The van der Waals surface area contributed by atoms with Crippen molar-refractivity contribution in [3.05, 3.63) is 65.7 Å². The van der Waals surface area contributed by atoms with Crippen LogP contribution in [0.3, 0.4) is 0 Å². The zero-order valence-electron chi connectivity index (χ0n) is 13.0. The van der Waals surface area contributed by atoms with Crippen LogP contribution in [0, 0.1) is 13.8 Å². The minimum Gasteiger partial charge on any atom is -0.311 e. The highest BCUT2D eigenvalue weighted by atomic mass is 15.3. The molecule has 0 aliphatic carbocycles. The van der Waals surface area contributed by atoms with Gasteiger partial charge in [0.15, 0.2) is 0 Å². The van der Waals surface area contributed by atoms with Crippen molar-refractivity contribution in [2.24, 2.45) is 0 Å². The van der Waals surface area contributed by atoms with E-state index in [1.807, 2.05) is 39.8 Å². The van der Waals surface area contributed by atoms with Crippen molar-refractivity contribution < 1.29 is 0 Å². The number of benzene rings is 1. The fraction of sp³-hybridized carbons (Fsp3) is 0.294. The molecular formula is C17H21N5. The topological polar surface area (TPSA) is 47.7 Å². The van der Waals surface area contributed by atoms with Crippen LogP contribution >= 0.6 is 0 Å². The van der Waals surface area contributed by atoms with Crippen molar-refractivity contribution in [3.8, 4) is 5.69 Å². The van der Waals surface area contributed by atoms with Crippen molar-refractivity contribution in [1.82, 2.24) is 24.9 Å². The summed E-state index contributed by atoms with van der Waals surface area (Å²) in [7, 11) is 0. The van der Waals surface area contributed by atoms with Crippen molar-refractivity contribution >= 4 is 0 Å². The Morgan fingerprint density at radius 1 is 1.09 bits per heavy atom. The Bertz CT molecular complexity index is 713. The van der Waals surface area contributed by atoms with E-state index in [2.05, 4.69) is 41.5 Å². The van der Waals surface area contributed by atoms with Crippen LogP contribution in [0.5, 0.6) is 0 Å². The maximum atomic E-state index is 4.67. The van der Waals surface area contributed by atoms with Gasteiger partial charge < -0.3 is 5.32 Å². The Labute approximate surface area is 130 Å². The molecule has 0 spiro atoms. The monoisotopic (exact) mass is 295 g/mol. The van der Waals surface area contributed by atoms with Gasteiger partial charge in [-0.2, -0.15) is 10.2 Å². The number of nitrogens with one attached hydrogen (secondary N) is 1. The molecule has 0 fully saturated rings. The highest BCUT2D eigenvalue weighted by Gasteiger charge is 2.11. The SMILES string of the molecule is Cc1nn(-c2ccccc2)c(C)c1CNCCn1cccn1. The molecule has 0 amide bonds. The van der Waals surface area contributed by atoms with Crippen molar-refractivity contribution in [2.45, 2.75) is 26.9 Å². The van der Waals surface area contributed by atoms with Gasteiger partial charge in [-0.15, -0.1) is 0 Å². The maximum Gasteiger partial charge on any atom is 0.0648 e. The van der Waals surface area contributed by atoms with Crippen LogP contribution in [0.2, 0.25) is 0 Å². The molecule has 0 bridgehead atoms. The minimum absolute atomic E-state index is 0.825. The van der Waals surface area contributed by atoms with Gasteiger partial charge in [0, 0.05) is 36.7 Å². The molecule has 1 N–H and O–H groups in total. The molecule has 2 heterocycles. The number of nitrogens with zero attached hydrogens (tertiary/aromatic N) is 4. The lowest BCUT2D eigenvalue weighted by Gasteiger charge is -2.07. The first-order valence-electron chi connectivity index (χ1n) is 7.54. The predicted octanol–water partition coefficient (Wildman–Crippen LogP) is 2.48. The van der Waals surface area contributed by atoms with Crippen molar-refractivity contribution in [1.29, 1.82) is 0 Å². The molecule has 0 radical (unpaired) electrons. The lowest BCUT2D eigenvalue weighted by Crippen LogP contribution is -2.20. The van der Waals surface area contributed by atoms with E-state index in [0.717, 1.165) is 31.0 Å². The van der Waals surface area contributed by atoms with Gasteiger partial charge in [-0.05, 0) is 32.0 Å². The van der Waals surface area contributed by atoms with E-state index in [1.54, 1.807) is 6.20 Å². The summed E-state index contributed by atoms with van der Waals surface area (Å²) in [5.74, 6) is 0. The molecule has 0 atom stereocenters. The zero-order valence-corrected chi connectivity index (χ0v) is 13.0. The summed E-state index contributed by atoms with van der Waals surface area (Å²) >= 11 is 0. The molecule has 0 aliphatic heterocycles. The third kappa shape index (κ3) is 3.09. The molecule has 2 aromatic heterocycles. The smallest absolute Gasteiger partial charge is 0.0648 e. The summed E-state index contributed by atoms with van der Waals surface area (Å²) in [6.45, 7) is 6.77. The molecule has 0 saturated heterocycles. The van der Waals surface area contributed by atoms with Crippen LogP contribution in [0.15, 0.2) is 48.8 Å². The Balaban J connectivity index is 1.65. The molecule has 1 aromatic carbocycles. The van der Waals surface area contributed by atoms with Crippen LogP contribution in [-0.4, -0.2) is 26.1 Å². The Hall–Kier alpha value is -2.40. The van der Waals surface area contributed by atoms with E-state index in [1.165, 1.54) is 11.3 Å². The van der Waals surface area contributed by atoms with Crippen molar-refractivity contribution in [2.75, 3.05) is 6.54 Å². The molecule has 22 heavy (non-hydrogen) atoms. The predicted molar refractivity (Wildman–Crippen MR) is 87.0 cm³/mol. The maximum absolute atomic E-state index is 4.67. The van der Waals surface area contributed by atoms with Gasteiger partial charge in [0.05, 0.1) is 17.9 Å². The van der Waals surface area contributed by atoms with Gasteiger partial charge in [-0.25, -0.2) is 4.68 Å². The second-order valence-electron chi connectivity index (χ2n) is 5.34. The average Bonchev–Trinajstić information content (AvgIpc) is 3.14. The van der Waals surface area contributed by atoms with E-state index < -0.39 is 0 Å². The molecule has 0 aliphatic rings. The third-order valence-corrected chi connectivity index (χ3v) is 3.82. The normalized spacial score (nSPS) is 11.0. The van der Waals surface area contributed by atoms with Crippen molar-refractivity contribution in [3.63, 3.8) is 0 Å².